The highest BCUT2D eigenvalue weighted by atomic mass is 19.4. The molecule has 2 aliphatic rings. The number of likely N-dealkylation sites (tertiary alicyclic amines) is 1. The maximum absolute atomic E-state index is 12.3. The van der Waals surface area contributed by atoms with Crippen molar-refractivity contribution in [1.82, 2.24) is 4.90 Å². The summed E-state index contributed by atoms with van der Waals surface area (Å²) in [7, 11) is 0. The van der Waals surface area contributed by atoms with Gasteiger partial charge in [-0.25, -0.2) is 0 Å². The lowest BCUT2D eigenvalue weighted by Crippen LogP contribution is -2.31. The number of hydrogen-bond acceptors (Lipinski definition) is 2. The van der Waals surface area contributed by atoms with E-state index in [9.17, 15) is 13.2 Å². The Balaban J connectivity index is 1.56. The van der Waals surface area contributed by atoms with Crippen LogP contribution in [0.5, 0.6) is 0 Å². The van der Waals surface area contributed by atoms with E-state index in [1.807, 2.05) is 18.2 Å². The lowest BCUT2D eigenvalue weighted by molar-refractivity contribution is -0.133. The number of nitrogens with zero attached hydrogens (tertiary/aromatic N) is 1. The van der Waals surface area contributed by atoms with Gasteiger partial charge in [-0.2, -0.15) is 13.2 Å². The molecule has 1 aliphatic heterocycles. The fraction of sp³-hybridized carbons (Fsp3) is 0.647. The summed E-state index contributed by atoms with van der Waals surface area (Å²) in [5, 5.41) is 3.50. The molecule has 1 aromatic rings. The Morgan fingerprint density at radius 1 is 1.27 bits per heavy atom. The first kappa shape index (κ1) is 15.7. The molecule has 1 N–H and O–H groups in total. The van der Waals surface area contributed by atoms with E-state index in [4.69, 9.17) is 0 Å². The number of hydrogen-bond donors (Lipinski definition) is 1. The van der Waals surface area contributed by atoms with Gasteiger partial charge in [0.05, 0.1) is 0 Å². The lowest BCUT2D eigenvalue weighted by atomic mass is 10.1. The molecule has 1 heterocycles. The summed E-state index contributed by atoms with van der Waals surface area (Å²) in [6.07, 6.45) is -1.08. The minimum Gasteiger partial charge on any atom is -0.381 e. The third-order valence-corrected chi connectivity index (χ3v) is 4.63. The molecule has 1 aromatic carbocycles. The first-order valence-corrected chi connectivity index (χ1v) is 8.09. The minimum atomic E-state index is -4.09. The minimum absolute atomic E-state index is 0.0499. The lowest BCUT2D eigenvalue weighted by Gasteiger charge is -2.20. The maximum atomic E-state index is 12.3. The topological polar surface area (TPSA) is 15.3 Å². The van der Waals surface area contributed by atoms with Crippen molar-refractivity contribution in [2.45, 2.75) is 63.3 Å². The van der Waals surface area contributed by atoms with Crippen LogP contribution in [-0.4, -0.2) is 35.7 Å². The summed E-state index contributed by atoms with van der Waals surface area (Å²) in [5.74, 6) is 0. The molecular formula is C17H23F3N2. The number of alkyl halides is 3. The van der Waals surface area contributed by atoms with Crippen LogP contribution in [0.3, 0.4) is 0 Å². The highest BCUT2D eigenvalue weighted by Crippen LogP contribution is 2.34. The van der Waals surface area contributed by atoms with Crippen LogP contribution in [-0.2, 0) is 6.42 Å². The normalized spacial score (nSPS) is 26.4. The van der Waals surface area contributed by atoms with Gasteiger partial charge in [-0.15, -0.1) is 0 Å². The van der Waals surface area contributed by atoms with E-state index in [1.54, 1.807) is 6.07 Å². The van der Waals surface area contributed by atoms with Crippen LogP contribution in [0.1, 0.15) is 38.2 Å². The Bertz CT molecular complexity index is 511. The molecule has 0 radical (unpaired) electrons. The van der Waals surface area contributed by atoms with E-state index in [1.165, 1.54) is 12.8 Å². The molecule has 1 saturated carbocycles. The zero-order valence-corrected chi connectivity index (χ0v) is 12.9. The van der Waals surface area contributed by atoms with E-state index >= 15 is 0 Å². The van der Waals surface area contributed by atoms with Crippen molar-refractivity contribution in [3.05, 3.63) is 29.8 Å². The van der Waals surface area contributed by atoms with Gasteiger partial charge in [0.15, 0.2) is 0 Å². The molecule has 1 saturated heterocycles. The fourth-order valence-corrected chi connectivity index (χ4v) is 3.41. The first-order chi connectivity index (χ1) is 10.4. The van der Waals surface area contributed by atoms with Gasteiger partial charge < -0.3 is 5.32 Å². The molecule has 5 heteroatoms. The number of nitrogens with one attached hydrogen (secondary N) is 1. The Morgan fingerprint density at radius 2 is 2.05 bits per heavy atom. The average Bonchev–Trinajstić information content (AvgIpc) is 3.21. The van der Waals surface area contributed by atoms with Gasteiger partial charge in [0.1, 0.15) is 0 Å². The van der Waals surface area contributed by atoms with Gasteiger partial charge >= 0.3 is 6.18 Å². The van der Waals surface area contributed by atoms with E-state index in [2.05, 4.69) is 17.1 Å². The van der Waals surface area contributed by atoms with Gasteiger partial charge in [0.2, 0.25) is 0 Å². The van der Waals surface area contributed by atoms with Crippen molar-refractivity contribution in [3.63, 3.8) is 0 Å². The zero-order valence-electron chi connectivity index (χ0n) is 12.9. The van der Waals surface area contributed by atoms with Crippen molar-refractivity contribution in [1.29, 1.82) is 0 Å². The standard InChI is InChI=1S/C17H23F3N2/c1-12-9-15(11-22(12)16-5-6-16)21-14-4-2-3-13(10-14)7-8-17(18,19)20/h2-4,10,12,15-16,21H,5-9,11H2,1H3/t12-,15-/m1/s1. The quantitative estimate of drug-likeness (QED) is 0.876. The van der Waals surface area contributed by atoms with Gasteiger partial charge in [-0.1, -0.05) is 12.1 Å². The molecule has 1 aliphatic carbocycles. The molecule has 2 nitrogen and oxygen atoms in total. The van der Waals surface area contributed by atoms with E-state index in [-0.39, 0.29) is 6.42 Å². The Labute approximate surface area is 129 Å². The number of anilines is 1. The molecule has 0 bridgehead atoms. The van der Waals surface area contributed by atoms with Crippen LogP contribution in [0.4, 0.5) is 18.9 Å². The summed E-state index contributed by atoms with van der Waals surface area (Å²) >= 11 is 0. The fourth-order valence-electron chi connectivity index (χ4n) is 3.41. The predicted octanol–water partition coefficient (Wildman–Crippen LogP) is 4.22. The second kappa shape index (κ2) is 6.11. The largest absolute Gasteiger partial charge is 0.389 e. The molecule has 2 fully saturated rings. The average molecular weight is 312 g/mol. The van der Waals surface area contributed by atoms with E-state index in [0.29, 0.717) is 12.1 Å². The molecule has 2 atom stereocenters. The highest BCUT2D eigenvalue weighted by molar-refractivity contribution is 5.47. The van der Waals surface area contributed by atoms with E-state index in [0.717, 1.165) is 30.3 Å². The van der Waals surface area contributed by atoms with Gasteiger partial charge in [0.25, 0.3) is 0 Å². The molecule has 0 spiro atoms. The van der Waals surface area contributed by atoms with Crippen LogP contribution in [0.25, 0.3) is 0 Å². The monoisotopic (exact) mass is 312 g/mol. The maximum Gasteiger partial charge on any atom is 0.389 e. The number of rotatable bonds is 5. The molecule has 122 valence electrons. The van der Waals surface area contributed by atoms with Gasteiger partial charge in [-0.05, 0) is 50.3 Å². The van der Waals surface area contributed by atoms with Crippen LogP contribution in [0, 0.1) is 0 Å². The molecule has 22 heavy (non-hydrogen) atoms. The SMILES string of the molecule is C[C@@H]1C[C@@H](Nc2cccc(CCC(F)(F)F)c2)CN1C1CC1. The summed E-state index contributed by atoms with van der Waals surface area (Å²) in [6, 6.07) is 9.17. The summed E-state index contributed by atoms with van der Waals surface area (Å²) < 4.78 is 36.9. The summed E-state index contributed by atoms with van der Waals surface area (Å²) in [5.41, 5.74) is 1.68. The number of benzene rings is 1. The second-order valence-electron chi connectivity index (χ2n) is 6.67. The van der Waals surface area contributed by atoms with E-state index < -0.39 is 12.6 Å². The molecule has 0 unspecified atom stereocenters. The van der Waals surface area contributed by atoms with Crippen molar-refractivity contribution in [2.24, 2.45) is 0 Å². The van der Waals surface area contributed by atoms with Crippen LogP contribution >= 0.6 is 0 Å². The number of aryl methyl sites for hydroxylation is 1. The molecule has 3 rings (SSSR count). The van der Waals surface area contributed by atoms with Gasteiger partial charge in [-0.3, -0.25) is 4.90 Å². The predicted molar refractivity (Wildman–Crippen MR) is 82.0 cm³/mol. The Kier molecular flexibility index (Phi) is 4.35. The second-order valence-corrected chi connectivity index (χ2v) is 6.67. The Hall–Kier alpha value is -1.23. The molecule has 0 amide bonds. The molecule has 0 aromatic heterocycles. The van der Waals surface area contributed by atoms with Gasteiger partial charge in [0, 0.05) is 36.8 Å². The van der Waals surface area contributed by atoms with Crippen LogP contribution in [0.15, 0.2) is 24.3 Å². The summed E-state index contributed by atoms with van der Waals surface area (Å²) in [4.78, 5) is 2.56. The molecular weight excluding hydrogens is 289 g/mol. The first-order valence-electron chi connectivity index (χ1n) is 8.09. The van der Waals surface area contributed by atoms with Crippen LogP contribution < -0.4 is 5.32 Å². The zero-order chi connectivity index (χ0) is 15.7. The van der Waals surface area contributed by atoms with Crippen molar-refractivity contribution < 1.29 is 13.2 Å². The smallest absolute Gasteiger partial charge is 0.381 e. The summed E-state index contributed by atoms with van der Waals surface area (Å²) in [6.45, 7) is 3.30. The number of halogens is 3. The highest BCUT2D eigenvalue weighted by Gasteiger charge is 2.38. The Morgan fingerprint density at radius 3 is 2.73 bits per heavy atom. The third kappa shape index (κ3) is 4.15. The van der Waals surface area contributed by atoms with Crippen molar-refractivity contribution >= 4 is 5.69 Å². The third-order valence-electron chi connectivity index (χ3n) is 4.63. The van der Waals surface area contributed by atoms with Crippen molar-refractivity contribution in [2.75, 3.05) is 11.9 Å². The van der Waals surface area contributed by atoms with Crippen LogP contribution in [0.2, 0.25) is 0 Å². The van der Waals surface area contributed by atoms with Crippen molar-refractivity contribution in [3.8, 4) is 0 Å².